The van der Waals surface area contributed by atoms with Crippen molar-refractivity contribution >= 4 is 23.4 Å². The van der Waals surface area contributed by atoms with Crippen molar-refractivity contribution in [2.45, 2.75) is 0 Å². The molecule has 0 radical (unpaired) electrons. The van der Waals surface area contributed by atoms with Gasteiger partial charge in [0.05, 0.1) is 10.7 Å². The van der Waals surface area contributed by atoms with Crippen LogP contribution >= 0.6 is 11.6 Å². The molecule has 9 heteroatoms. The van der Waals surface area contributed by atoms with E-state index in [2.05, 4.69) is 15.4 Å². The number of pyridine rings is 1. The van der Waals surface area contributed by atoms with Crippen LogP contribution in [0.15, 0.2) is 53.5 Å². The smallest absolute Gasteiger partial charge is 0.280 e. The molecule has 0 aliphatic heterocycles. The number of hydrogen-bond acceptors (Lipinski definition) is 5. The van der Waals surface area contributed by atoms with Crippen molar-refractivity contribution in [2.24, 2.45) is 0 Å². The maximum Gasteiger partial charge on any atom is 0.377 e. The van der Waals surface area contributed by atoms with E-state index in [-0.39, 0.29) is 0 Å². The summed E-state index contributed by atoms with van der Waals surface area (Å²) in [6.07, 6.45) is 1.54. The highest BCUT2D eigenvalue weighted by molar-refractivity contribution is 6.32. The molecule has 2 aromatic heterocycles. The van der Waals surface area contributed by atoms with E-state index < -0.39 is 11.7 Å². The third kappa shape index (κ3) is 2.71. The minimum atomic E-state index is -0.717. The standard InChI is InChI=1S/C14H11ClN6O2/c1-19(12-8-4-5-9-16-12)13(22)21-14(23)20(17-18-21)11-7-3-2-6-10(11)15/h2-9H,1H3. The first-order valence-electron chi connectivity index (χ1n) is 6.58. The molecule has 0 bridgehead atoms. The number of aromatic nitrogens is 5. The molecule has 0 spiro atoms. The van der Waals surface area contributed by atoms with Gasteiger partial charge in [-0.25, -0.2) is 14.6 Å². The van der Waals surface area contributed by atoms with Crippen LogP contribution in [0.3, 0.4) is 0 Å². The summed E-state index contributed by atoms with van der Waals surface area (Å²) in [6, 6.07) is 11.1. The predicted molar refractivity (Wildman–Crippen MR) is 84.1 cm³/mol. The lowest BCUT2D eigenvalue weighted by Crippen LogP contribution is -2.39. The molecule has 8 nitrogen and oxygen atoms in total. The van der Waals surface area contributed by atoms with E-state index in [0.717, 1.165) is 4.68 Å². The molecule has 0 fully saturated rings. The van der Waals surface area contributed by atoms with Gasteiger partial charge in [-0.05, 0) is 34.7 Å². The quantitative estimate of drug-likeness (QED) is 0.666. The number of carbonyl (C=O) groups is 1. The van der Waals surface area contributed by atoms with Crippen LogP contribution in [0.25, 0.3) is 5.69 Å². The number of halogens is 1. The maximum absolute atomic E-state index is 12.4. The largest absolute Gasteiger partial charge is 0.377 e. The second kappa shape index (κ2) is 6.01. The Balaban J connectivity index is 1.98. The zero-order valence-corrected chi connectivity index (χ0v) is 12.8. The molecule has 116 valence electrons. The van der Waals surface area contributed by atoms with Crippen LogP contribution in [-0.4, -0.2) is 37.9 Å². The minimum Gasteiger partial charge on any atom is -0.280 e. The molecule has 0 unspecified atom stereocenters. The molecule has 0 aliphatic rings. The van der Waals surface area contributed by atoms with Gasteiger partial charge in [0.15, 0.2) is 0 Å². The summed E-state index contributed by atoms with van der Waals surface area (Å²) in [4.78, 5) is 30.0. The van der Waals surface area contributed by atoms with E-state index in [9.17, 15) is 9.59 Å². The molecule has 0 saturated carbocycles. The Morgan fingerprint density at radius 1 is 1.13 bits per heavy atom. The zero-order chi connectivity index (χ0) is 16.4. The average molecular weight is 331 g/mol. The van der Waals surface area contributed by atoms with Crippen molar-refractivity contribution in [3.05, 3.63) is 64.2 Å². The SMILES string of the molecule is CN(C(=O)n1nnn(-c2ccccc2Cl)c1=O)c1ccccn1. The van der Waals surface area contributed by atoms with Crippen molar-refractivity contribution < 1.29 is 4.79 Å². The molecule has 0 aliphatic carbocycles. The van der Waals surface area contributed by atoms with E-state index in [0.29, 0.717) is 21.2 Å². The number of nitrogens with zero attached hydrogens (tertiary/aromatic N) is 6. The molecular weight excluding hydrogens is 320 g/mol. The van der Waals surface area contributed by atoms with Gasteiger partial charge in [-0.3, -0.25) is 4.90 Å². The van der Waals surface area contributed by atoms with Gasteiger partial charge >= 0.3 is 11.7 Å². The molecule has 23 heavy (non-hydrogen) atoms. The molecule has 0 saturated heterocycles. The van der Waals surface area contributed by atoms with Crippen molar-refractivity contribution in [1.82, 2.24) is 24.8 Å². The highest BCUT2D eigenvalue weighted by Gasteiger charge is 2.21. The predicted octanol–water partition coefficient (Wildman–Crippen LogP) is 1.58. The van der Waals surface area contributed by atoms with Crippen LogP contribution in [0.2, 0.25) is 5.02 Å². The molecule has 1 amide bonds. The highest BCUT2D eigenvalue weighted by atomic mass is 35.5. The molecule has 1 aromatic carbocycles. The number of para-hydroxylation sites is 1. The number of rotatable bonds is 2. The Kier molecular flexibility index (Phi) is 3.90. The Bertz CT molecular complexity index is 905. The summed E-state index contributed by atoms with van der Waals surface area (Å²) >= 11 is 6.04. The number of anilines is 1. The maximum atomic E-state index is 12.4. The van der Waals surface area contributed by atoms with Gasteiger partial charge in [0.1, 0.15) is 5.82 Å². The van der Waals surface area contributed by atoms with Crippen LogP contribution in [0.4, 0.5) is 10.6 Å². The van der Waals surface area contributed by atoms with Gasteiger partial charge in [0, 0.05) is 13.2 Å². The van der Waals surface area contributed by atoms with Crippen LogP contribution in [-0.2, 0) is 0 Å². The Morgan fingerprint density at radius 3 is 2.57 bits per heavy atom. The van der Waals surface area contributed by atoms with Crippen LogP contribution in [0, 0.1) is 0 Å². The first-order valence-corrected chi connectivity index (χ1v) is 6.96. The topological polar surface area (TPSA) is 85.9 Å². The van der Waals surface area contributed by atoms with Gasteiger partial charge < -0.3 is 0 Å². The summed E-state index contributed by atoms with van der Waals surface area (Å²) in [7, 11) is 1.49. The fourth-order valence-electron chi connectivity index (χ4n) is 1.93. The van der Waals surface area contributed by atoms with E-state index in [1.54, 1.807) is 48.7 Å². The molecule has 2 heterocycles. The van der Waals surface area contributed by atoms with Gasteiger partial charge in [0.25, 0.3) is 0 Å². The number of carbonyl (C=O) groups excluding carboxylic acids is 1. The fourth-order valence-corrected chi connectivity index (χ4v) is 2.15. The van der Waals surface area contributed by atoms with Crippen molar-refractivity contribution in [3.8, 4) is 5.69 Å². The van der Waals surface area contributed by atoms with E-state index in [4.69, 9.17) is 11.6 Å². The molecule has 0 N–H and O–H groups in total. The first-order chi connectivity index (χ1) is 11.1. The summed E-state index contributed by atoms with van der Waals surface area (Å²) in [5.41, 5.74) is -0.371. The molecule has 0 atom stereocenters. The van der Waals surface area contributed by atoms with Crippen LogP contribution < -0.4 is 10.6 Å². The second-order valence-corrected chi connectivity index (χ2v) is 4.97. The monoisotopic (exact) mass is 330 g/mol. The lowest BCUT2D eigenvalue weighted by Gasteiger charge is -2.13. The van der Waals surface area contributed by atoms with E-state index in [1.165, 1.54) is 11.9 Å². The normalized spacial score (nSPS) is 10.5. The number of amides is 1. The fraction of sp³-hybridized carbons (Fsp3) is 0.0714. The lowest BCUT2D eigenvalue weighted by molar-refractivity contribution is 0.245. The summed E-state index contributed by atoms with van der Waals surface area (Å²) in [5, 5.41) is 7.65. The molecule has 3 rings (SSSR count). The zero-order valence-electron chi connectivity index (χ0n) is 12.0. The number of benzene rings is 1. The number of hydrogen-bond donors (Lipinski definition) is 0. The second-order valence-electron chi connectivity index (χ2n) is 4.57. The third-order valence-electron chi connectivity index (χ3n) is 3.12. The van der Waals surface area contributed by atoms with E-state index in [1.807, 2.05) is 0 Å². The van der Waals surface area contributed by atoms with Gasteiger partial charge in [0.2, 0.25) is 0 Å². The van der Waals surface area contributed by atoms with Gasteiger partial charge in [-0.15, -0.1) is 4.68 Å². The van der Waals surface area contributed by atoms with Gasteiger partial charge in [-0.2, -0.15) is 4.68 Å². The Labute approximate surface area is 135 Å². The van der Waals surface area contributed by atoms with Crippen molar-refractivity contribution in [1.29, 1.82) is 0 Å². The lowest BCUT2D eigenvalue weighted by atomic mass is 10.3. The summed E-state index contributed by atoms with van der Waals surface area (Å²) in [6.45, 7) is 0. The molecular formula is C14H11ClN6O2. The Hall–Kier alpha value is -3.00. The van der Waals surface area contributed by atoms with Gasteiger partial charge in [-0.1, -0.05) is 29.8 Å². The van der Waals surface area contributed by atoms with Crippen LogP contribution in [0.5, 0.6) is 0 Å². The highest BCUT2D eigenvalue weighted by Crippen LogP contribution is 2.16. The molecule has 3 aromatic rings. The van der Waals surface area contributed by atoms with Crippen molar-refractivity contribution in [3.63, 3.8) is 0 Å². The average Bonchev–Trinajstić information content (AvgIpc) is 2.96. The first kappa shape index (κ1) is 14.9. The van der Waals surface area contributed by atoms with E-state index >= 15 is 0 Å². The third-order valence-corrected chi connectivity index (χ3v) is 3.44. The minimum absolute atomic E-state index is 0.326. The summed E-state index contributed by atoms with van der Waals surface area (Å²) < 4.78 is 1.62. The number of tetrazole rings is 1. The van der Waals surface area contributed by atoms with Crippen LogP contribution in [0.1, 0.15) is 0 Å². The Morgan fingerprint density at radius 2 is 1.87 bits per heavy atom. The van der Waals surface area contributed by atoms with Crippen molar-refractivity contribution in [2.75, 3.05) is 11.9 Å². The summed E-state index contributed by atoms with van der Waals surface area (Å²) in [5.74, 6) is 0.386.